The predicted octanol–water partition coefficient (Wildman–Crippen LogP) is 4.28. The Morgan fingerprint density at radius 3 is 2.41 bits per heavy atom. The summed E-state index contributed by atoms with van der Waals surface area (Å²) < 4.78 is 40.8. The Labute approximate surface area is 132 Å². The van der Waals surface area contributed by atoms with Crippen LogP contribution in [-0.4, -0.2) is 9.55 Å². The highest BCUT2D eigenvalue weighted by atomic mass is 79.9. The van der Waals surface area contributed by atoms with E-state index in [1.807, 2.05) is 24.3 Å². The second-order valence-electron chi connectivity index (χ2n) is 4.92. The van der Waals surface area contributed by atoms with Gasteiger partial charge in [0.1, 0.15) is 0 Å². The van der Waals surface area contributed by atoms with Gasteiger partial charge in [-0.05, 0) is 35.9 Å². The molecule has 0 aliphatic carbocycles. The van der Waals surface area contributed by atoms with Gasteiger partial charge < -0.3 is 9.55 Å². The average Bonchev–Trinajstić information content (AvgIpc) is 2.76. The molecule has 2 aromatic carbocycles. The highest BCUT2D eigenvalue weighted by Gasteiger charge is 2.30. The lowest BCUT2D eigenvalue weighted by atomic mass is 10.2. The maximum Gasteiger partial charge on any atom is 0.416 e. The lowest BCUT2D eigenvalue weighted by molar-refractivity contribution is -0.137. The summed E-state index contributed by atoms with van der Waals surface area (Å²) >= 11 is 3.35. The van der Waals surface area contributed by atoms with E-state index in [0.29, 0.717) is 17.6 Å². The van der Waals surface area contributed by atoms with Crippen molar-refractivity contribution in [2.45, 2.75) is 12.7 Å². The molecule has 3 nitrogen and oxygen atoms in total. The van der Waals surface area contributed by atoms with Crippen molar-refractivity contribution in [1.29, 1.82) is 5.41 Å². The maximum atomic E-state index is 12.7. The Balaban J connectivity index is 2.05. The van der Waals surface area contributed by atoms with Crippen LogP contribution in [0.1, 0.15) is 11.1 Å². The third-order valence-electron chi connectivity index (χ3n) is 3.39. The summed E-state index contributed by atoms with van der Waals surface area (Å²) in [6.45, 7) is 0.414. The minimum absolute atomic E-state index is 0.0669. The number of aromatic amines is 1. The zero-order valence-electron chi connectivity index (χ0n) is 11.2. The molecule has 0 aliphatic heterocycles. The van der Waals surface area contributed by atoms with Gasteiger partial charge in [0.15, 0.2) is 0 Å². The number of nitrogens with one attached hydrogen (secondary N) is 2. The van der Waals surface area contributed by atoms with Crippen LogP contribution in [0.3, 0.4) is 0 Å². The van der Waals surface area contributed by atoms with Gasteiger partial charge in [-0.25, -0.2) is 0 Å². The van der Waals surface area contributed by atoms with Crippen molar-refractivity contribution >= 4 is 27.0 Å². The number of hydrogen-bond acceptors (Lipinski definition) is 1. The van der Waals surface area contributed by atoms with Crippen molar-refractivity contribution in [3.05, 3.63) is 63.7 Å². The third kappa shape index (κ3) is 2.81. The fourth-order valence-corrected chi connectivity index (χ4v) is 2.56. The van der Waals surface area contributed by atoms with Gasteiger partial charge in [0, 0.05) is 4.47 Å². The summed E-state index contributed by atoms with van der Waals surface area (Å²) in [4.78, 5) is 2.69. The molecule has 2 N–H and O–H groups in total. The van der Waals surface area contributed by atoms with E-state index in [1.54, 1.807) is 4.57 Å². The highest BCUT2D eigenvalue weighted by Crippen LogP contribution is 2.30. The number of rotatable bonds is 2. The topological polar surface area (TPSA) is 44.6 Å². The number of aromatic nitrogens is 2. The summed E-state index contributed by atoms with van der Waals surface area (Å²) in [5, 5.41) is 7.93. The first kappa shape index (κ1) is 14.9. The molecule has 0 amide bonds. The summed E-state index contributed by atoms with van der Waals surface area (Å²) in [6, 6.07) is 11.0. The Hall–Kier alpha value is -2.02. The van der Waals surface area contributed by atoms with Crippen LogP contribution in [-0.2, 0) is 12.7 Å². The van der Waals surface area contributed by atoms with Crippen LogP contribution in [0.25, 0.3) is 11.0 Å². The van der Waals surface area contributed by atoms with Crippen LogP contribution in [0.15, 0.2) is 46.9 Å². The van der Waals surface area contributed by atoms with E-state index < -0.39 is 11.7 Å². The standard InChI is InChI=1S/C15H11BrF3N3/c16-11-4-1-9(2-5-11)8-22-13-6-3-10(15(17,18)19)7-12(13)21-14(22)20/h1-7H,8H2,(H2,20,21). The van der Waals surface area contributed by atoms with Crippen molar-refractivity contribution in [2.24, 2.45) is 0 Å². The van der Waals surface area contributed by atoms with E-state index in [0.717, 1.165) is 22.2 Å². The van der Waals surface area contributed by atoms with Crippen molar-refractivity contribution in [1.82, 2.24) is 9.55 Å². The molecule has 1 aromatic heterocycles. The SMILES string of the molecule is N=c1[nH]c2cc(C(F)(F)F)ccc2n1Cc1ccc(Br)cc1. The molecule has 0 saturated heterocycles. The smallest absolute Gasteiger partial charge is 0.324 e. The number of alkyl halides is 3. The molecule has 0 fully saturated rings. The number of hydrogen-bond donors (Lipinski definition) is 2. The van der Waals surface area contributed by atoms with E-state index in [-0.39, 0.29) is 5.62 Å². The molecular formula is C15H11BrF3N3. The van der Waals surface area contributed by atoms with E-state index in [1.165, 1.54) is 6.07 Å². The summed E-state index contributed by atoms with van der Waals surface area (Å²) in [5.74, 6) is 0. The number of imidazole rings is 1. The van der Waals surface area contributed by atoms with Crippen molar-refractivity contribution < 1.29 is 13.2 Å². The zero-order chi connectivity index (χ0) is 15.9. The lowest BCUT2D eigenvalue weighted by Gasteiger charge is -2.08. The van der Waals surface area contributed by atoms with Crippen molar-refractivity contribution in [3.63, 3.8) is 0 Å². The second-order valence-corrected chi connectivity index (χ2v) is 5.83. The Morgan fingerprint density at radius 1 is 1.09 bits per heavy atom. The van der Waals surface area contributed by atoms with Gasteiger partial charge in [-0.3, -0.25) is 5.41 Å². The molecule has 0 aliphatic rings. The molecule has 3 aromatic rings. The van der Waals surface area contributed by atoms with Crippen LogP contribution < -0.4 is 5.62 Å². The molecule has 0 unspecified atom stereocenters. The van der Waals surface area contributed by atoms with Crippen LogP contribution in [0.4, 0.5) is 13.2 Å². The Kier molecular flexibility index (Phi) is 3.60. The molecule has 0 spiro atoms. The lowest BCUT2D eigenvalue weighted by Crippen LogP contribution is -2.17. The van der Waals surface area contributed by atoms with Gasteiger partial charge in [-0.1, -0.05) is 28.1 Å². The van der Waals surface area contributed by atoms with E-state index in [2.05, 4.69) is 20.9 Å². The van der Waals surface area contributed by atoms with E-state index >= 15 is 0 Å². The number of fused-ring (bicyclic) bond motifs is 1. The average molecular weight is 370 g/mol. The predicted molar refractivity (Wildman–Crippen MR) is 80.4 cm³/mol. The summed E-state index contributed by atoms with van der Waals surface area (Å²) in [7, 11) is 0. The van der Waals surface area contributed by atoms with Gasteiger partial charge in [0.05, 0.1) is 23.1 Å². The molecule has 1 heterocycles. The minimum Gasteiger partial charge on any atom is -0.324 e. The summed E-state index contributed by atoms with van der Waals surface area (Å²) in [5.41, 5.74) is 1.18. The van der Waals surface area contributed by atoms with Crippen molar-refractivity contribution in [3.8, 4) is 0 Å². The second kappa shape index (κ2) is 5.31. The molecular weight excluding hydrogens is 359 g/mol. The normalized spacial score (nSPS) is 12.0. The first-order chi connectivity index (χ1) is 10.3. The minimum atomic E-state index is -4.39. The molecule has 22 heavy (non-hydrogen) atoms. The monoisotopic (exact) mass is 369 g/mol. The van der Waals surface area contributed by atoms with Gasteiger partial charge in [0.2, 0.25) is 5.62 Å². The molecule has 0 atom stereocenters. The van der Waals surface area contributed by atoms with Crippen LogP contribution >= 0.6 is 15.9 Å². The van der Waals surface area contributed by atoms with Gasteiger partial charge in [-0.15, -0.1) is 0 Å². The molecule has 7 heteroatoms. The molecule has 3 rings (SSSR count). The number of benzene rings is 2. The van der Waals surface area contributed by atoms with Gasteiger partial charge in [0.25, 0.3) is 0 Å². The van der Waals surface area contributed by atoms with Gasteiger partial charge in [-0.2, -0.15) is 13.2 Å². The molecule has 0 radical (unpaired) electrons. The summed E-state index contributed by atoms with van der Waals surface area (Å²) in [6.07, 6.45) is -4.39. The first-order valence-corrected chi connectivity index (χ1v) is 7.23. The quantitative estimate of drug-likeness (QED) is 0.677. The van der Waals surface area contributed by atoms with Crippen molar-refractivity contribution in [2.75, 3.05) is 0 Å². The molecule has 0 bridgehead atoms. The third-order valence-corrected chi connectivity index (χ3v) is 3.92. The molecule has 0 saturated carbocycles. The Morgan fingerprint density at radius 2 is 1.77 bits per heavy atom. The van der Waals surface area contributed by atoms with E-state index in [9.17, 15) is 13.2 Å². The van der Waals surface area contributed by atoms with E-state index in [4.69, 9.17) is 5.41 Å². The zero-order valence-corrected chi connectivity index (χ0v) is 12.8. The largest absolute Gasteiger partial charge is 0.416 e. The van der Waals surface area contributed by atoms with Crippen LogP contribution in [0.5, 0.6) is 0 Å². The highest BCUT2D eigenvalue weighted by molar-refractivity contribution is 9.10. The number of H-pyrrole nitrogens is 1. The number of nitrogens with zero attached hydrogens (tertiary/aromatic N) is 1. The van der Waals surface area contributed by atoms with Gasteiger partial charge >= 0.3 is 6.18 Å². The fraction of sp³-hybridized carbons (Fsp3) is 0.133. The fourth-order valence-electron chi connectivity index (χ4n) is 2.30. The maximum absolute atomic E-state index is 12.7. The number of halogens is 4. The van der Waals surface area contributed by atoms with Crippen LogP contribution in [0.2, 0.25) is 0 Å². The van der Waals surface area contributed by atoms with Crippen LogP contribution in [0, 0.1) is 5.41 Å². The Bertz CT molecular complexity index is 876. The molecule has 114 valence electrons. The first-order valence-electron chi connectivity index (χ1n) is 6.43.